The van der Waals surface area contributed by atoms with E-state index < -0.39 is 11.8 Å². The van der Waals surface area contributed by atoms with Crippen LogP contribution in [0.1, 0.15) is 21.0 Å². The summed E-state index contributed by atoms with van der Waals surface area (Å²) in [5, 5.41) is 5.34. The van der Waals surface area contributed by atoms with Crippen LogP contribution in [0.25, 0.3) is 0 Å². The zero-order valence-corrected chi connectivity index (χ0v) is 13.1. The maximum atomic E-state index is 12.4. The van der Waals surface area contributed by atoms with Crippen molar-refractivity contribution in [2.45, 2.75) is 0 Å². The first-order chi connectivity index (χ1) is 12.0. The van der Waals surface area contributed by atoms with E-state index in [2.05, 4.69) is 20.6 Å². The van der Waals surface area contributed by atoms with E-state index in [1.165, 1.54) is 6.33 Å². The van der Waals surface area contributed by atoms with Gasteiger partial charge in [0.15, 0.2) is 5.69 Å². The number of amides is 2. The summed E-state index contributed by atoms with van der Waals surface area (Å²) < 4.78 is 0. The summed E-state index contributed by atoms with van der Waals surface area (Å²) in [6.45, 7) is 0. The molecule has 8 nitrogen and oxygen atoms in total. The molecule has 0 saturated carbocycles. The molecule has 8 heteroatoms. The number of nitrogens with zero attached hydrogens (tertiary/aromatic N) is 1. The van der Waals surface area contributed by atoms with Crippen LogP contribution in [-0.4, -0.2) is 21.8 Å². The summed E-state index contributed by atoms with van der Waals surface area (Å²) in [6.07, 6.45) is 1.29. The van der Waals surface area contributed by atoms with Crippen LogP contribution in [-0.2, 0) is 0 Å². The number of imidazole rings is 1. The van der Waals surface area contributed by atoms with Gasteiger partial charge in [0.25, 0.3) is 11.8 Å². The van der Waals surface area contributed by atoms with Crippen LogP contribution in [0.5, 0.6) is 0 Å². The Morgan fingerprint density at radius 1 is 0.800 bits per heavy atom. The Balaban J connectivity index is 1.74. The Morgan fingerprint density at radius 3 is 1.80 bits per heavy atom. The average molecular weight is 336 g/mol. The number of nitrogens with two attached hydrogens (primary N) is 2. The molecular weight excluding hydrogens is 320 g/mol. The average Bonchev–Trinajstić information content (AvgIpc) is 3.09. The van der Waals surface area contributed by atoms with Crippen LogP contribution >= 0.6 is 0 Å². The Labute approximate surface area is 143 Å². The maximum absolute atomic E-state index is 12.4. The molecule has 1 heterocycles. The number of benzene rings is 2. The number of nitrogen functional groups attached to an aromatic ring is 2. The number of nitrogens with one attached hydrogen (secondary N) is 3. The quantitative estimate of drug-likeness (QED) is 0.464. The minimum Gasteiger partial charge on any atom is -0.399 e. The Bertz CT molecular complexity index is 826. The van der Waals surface area contributed by atoms with Crippen LogP contribution < -0.4 is 22.1 Å². The van der Waals surface area contributed by atoms with Crippen molar-refractivity contribution in [2.24, 2.45) is 0 Å². The van der Waals surface area contributed by atoms with Crippen molar-refractivity contribution in [3.05, 3.63) is 66.2 Å². The molecule has 2 aromatic carbocycles. The lowest BCUT2D eigenvalue weighted by Crippen LogP contribution is -2.20. The zero-order valence-electron chi connectivity index (χ0n) is 13.1. The SMILES string of the molecule is Nc1ccc(NC(=O)c2nc[nH]c2C(=O)Nc2ccc(N)cc2)cc1. The Kier molecular flexibility index (Phi) is 4.34. The topological polar surface area (TPSA) is 139 Å². The van der Waals surface area contributed by atoms with Gasteiger partial charge < -0.3 is 27.1 Å². The lowest BCUT2D eigenvalue weighted by atomic mass is 10.2. The summed E-state index contributed by atoms with van der Waals surface area (Å²) in [4.78, 5) is 31.4. The lowest BCUT2D eigenvalue weighted by molar-refractivity contribution is 0.0985. The van der Waals surface area contributed by atoms with Crippen LogP contribution in [0.15, 0.2) is 54.9 Å². The summed E-state index contributed by atoms with van der Waals surface area (Å²) in [7, 11) is 0. The van der Waals surface area contributed by atoms with Crippen molar-refractivity contribution >= 4 is 34.6 Å². The molecule has 3 aromatic rings. The fourth-order valence-corrected chi connectivity index (χ4v) is 2.16. The first-order valence-corrected chi connectivity index (χ1v) is 7.40. The van der Waals surface area contributed by atoms with Gasteiger partial charge >= 0.3 is 0 Å². The maximum Gasteiger partial charge on any atom is 0.276 e. The molecule has 0 aliphatic rings. The predicted octanol–water partition coefficient (Wildman–Crippen LogP) is 2.08. The van der Waals surface area contributed by atoms with E-state index in [1.54, 1.807) is 48.5 Å². The molecule has 0 bridgehead atoms. The molecule has 0 fully saturated rings. The summed E-state index contributed by atoms with van der Waals surface area (Å²) in [5.74, 6) is -0.988. The number of hydrogen-bond acceptors (Lipinski definition) is 5. The van der Waals surface area contributed by atoms with E-state index in [1.807, 2.05) is 0 Å². The molecule has 126 valence electrons. The number of carbonyl (C=O) groups excluding carboxylic acids is 2. The predicted molar refractivity (Wildman–Crippen MR) is 96.2 cm³/mol. The van der Waals surface area contributed by atoms with Crippen molar-refractivity contribution in [1.29, 1.82) is 0 Å². The zero-order chi connectivity index (χ0) is 17.8. The van der Waals surface area contributed by atoms with E-state index >= 15 is 0 Å². The third-order valence-electron chi connectivity index (χ3n) is 3.42. The molecule has 0 saturated heterocycles. The van der Waals surface area contributed by atoms with Crippen molar-refractivity contribution < 1.29 is 9.59 Å². The number of rotatable bonds is 4. The van der Waals surface area contributed by atoms with E-state index in [4.69, 9.17) is 11.5 Å². The summed E-state index contributed by atoms with van der Waals surface area (Å²) in [6, 6.07) is 13.3. The van der Waals surface area contributed by atoms with Crippen molar-refractivity contribution in [1.82, 2.24) is 9.97 Å². The van der Waals surface area contributed by atoms with Crippen LogP contribution in [0.2, 0.25) is 0 Å². The highest BCUT2D eigenvalue weighted by Crippen LogP contribution is 2.15. The molecule has 7 N–H and O–H groups in total. The molecule has 3 rings (SSSR count). The number of hydrogen-bond donors (Lipinski definition) is 5. The molecule has 25 heavy (non-hydrogen) atoms. The second-order valence-electron chi connectivity index (χ2n) is 5.28. The molecule has 0 aliphatic heterocycles. The van der Waals surface area contributed by atoms with Gasteiger partial charge in [-0.2, -0.15) is 0 Å². The lowest BCUT2D eigenvalue weighted by Gasteiger charge is -2.07. The Hall–Kier alpha value is -3.81. The van der Waals surface area contributed by atoms with Crippen LogP contribution in [0, 0.1) is 0 Å². The first-order valence-electron chi connectivity index (χ1n) is 7.40. The van der Waals surface area contributed by atoms with Crippen molar-refractivity contribution in [2.75, 3.05) is 22.1 Å². The third-order valence-corrected chi connectivity index (χ3v) is 3.42. The largest absolute Gasteiger partial charge is 0.399 e. The molecule has 2 amide bonds. The minimum atomic E-state index is -0.506. The standard InChI is InChI=1S/C17H16N6O2/c18-10-1-5-12(6-2-10)22-16(24)14-15(21-9-20-14)17(25)23-13-7-3-11(19)4-8-13/h1-9H,18-19H2,(H,20,21)(H,22,24)(H,23,25). The smallest absolute Gasteiger partial charge is 0.276 e. The number of aromatic amines is 1. The van der Waals surface area contributed by atoms with Gasteiger partial charge in [-0.1, -0.05) is 0 Å². The molecular formula is C17H16N6O2. The van der Waals surface area contributed by atoms with Gasteiger partial charge in [-0.25, -0.2) is 4.98 Å². The summed E-state index contributed by atoms with van der Waals surface area (Å²) >= 11 is 0. The van der Waals surface area contributed by atoms with Gasteiger partial charge in [-0.3, -0.25) is 9.59 Å². The highest BCUT2D eigenvalue weighted by Gasteiger charge is 2.20. The number of H-pyrrole nitrogens is 1. The highest BCUT2D eigenvalue weighted by atomic mass is 16.2. The number of aromatic nitrogens is 2. The van der Waals surface area contributed by atoms with E-state index in [-0.39, 0.29) is 11.4 Å². The normalized spacial score (nSPS) is 10.2. The fourth-order valence-electron chi connectivity index (χ4n) is 2.16. The van der Waals surface area contributed by atoms with E-state index in [0.717, 1.165) is 0 Å². The van der Waals surface area contributed by atoms with Gasteiger partial charge in [0.1, 0.15) is 5.69 Å². The van der Waals surface area contributed by atoms with Gasteiger partial charge in [0.2, 0.25) is 0 Å². The number of carbonyl (C=O) groups is 2. The van der Waals surface area contributed by atoms with Crippen molar-refractivity contribution in [3.63, 3.8) is 0 Å². The second-order valence-corrected chi connectivity index (χ2v) is 5.28. The molecule has 0 radical (unpaired) electrons. The Morgan fingerprint density at radius 2 is 1.28 bits per heavy atom. The van der Waals surface area contributed by atoms with Gasteiger partial charge in [0, 0.05) is 22.7 Å². The fraction of sp³-hybridized carbons (Fsp3) is 0. The molecule has 0 unspecified atom stereocenters. The third kappa shape index (κ3) is 3.75. The molecule has 0 spiro atoms. The highest BCUT2D eigenvalue weighted by molar-refractivity contribution is 6.13. The van der Waals surface area contributed by atoms with Gasteiger partial charge in [0.05, 0.1) is 6.33 Å². The molecule has 0 atom stereocenters. The summed E-state index contributed by atoms with van der Waals surface area (Å²) in [5.41, 5.74) is 13.5. The number of anilines is 4. The second kappa shape index (κ2) is 6.75. The van der Waals surface area contributed by atoms with E-state index in [9.17, 15) is 9.59 Å². The first kappa shape index (κ1) is 16.1. The van der Waals surface area contributed by atoms with E-state index in [0.29, 0.717) is 22.7 Å². The van der Waals surface area contributed by atoms with Crippen molar-refractivity contribution in [3.8, 4) is 0 Å². The van der Waals surface area contributed by atoms with Gasteiger partial charge in [-0.15, -0.1) is 0 Å². The van der Waals surface area contributed by atoms with Gasteiger partial charge in [-0.05, 0) is 48.5 Å². The minimum absolute atomic E-state index is 0.00947. The monoisotopic (exact) mass is 336 g/mol. The molecule has 0 aliphatic carbocycles. The van der Waals surface area contributed by atoms with Crippen LogP contribution in [0.3, 0.4) is 0 Å². The molecule has 1 aromatic heterocycles. The van der Waals surface area contributed by atoms with Crippen LogP contribution in [0.4, 0.5) is 22.7 Å².